The lowest BCUT2D eigenvalue weighted by Crippen LogP contribution is -2.43. The van der Waals surface area contributed by atoms with Crippen LogP contribution in [0, 0.1) is 0 Å². The molecule has 0 unspecified atom stereocenters. The van der Waals surface area contributed by atoms with Crippen molar-refractivity contribution in [2.75, 3.05) is 33.4 Å². The van der Waals surface area contributed by atoms with Gasteiger partial charge in [0, 0.05) is 20.2 Å². The zero-order valence-corrected chi connectivity index (χ0v) is 13.2. The summed E-state index contributed by atoms with van der Waals surface area (Å²) in [5, 5.41) is 15.3. The maximum atomic E-state index is 10.9. The fraction of sp³-hybridized carbons (Fsp3) is 0.769. The van der Waals surface area contributed by atoms with Crippen LogP contribution in [0.15, 0.2) is 10.7 Å². The molecule has 2 rings (SSSR count). The number of piperidine rings is 1. The number of likely N-dealkylation sites (tertiary alicyclic amines) is 1. The molecule has 0 bridgehead atoms. The normalized spacial score (nSPS) is 19.8. The molecule has 1 N–H and O–H groups in total. The first kappa shape index (κ1) is 15.0. The topological polar surface area (TPSA) is 50.5 Å². The molecular weight excluding hydrogens is 310 g/mol. The average Bonchev–Trinajstić information content (AvgIpc) is 2.79. The number of ether oxygens (including phenoxy) is 1. The molecule has 0 amide bonds. The molecule has 1 fully saturated rings. The number of nitrogens with zero attached hydrogens (tertiary/aromatic N) is 3. The zero-order chi connectivity index (χ0) is 13.9. The van der Waals surface area contributed by atoms with E-state index in [1.54, 1.807) is 13.3 Å². The molecule has 0 atom stereocenters. The van der Waals surface area contributed by atoms with Gasteiger partial charge in [0.2, 0.25) is 0 Å². The van der Waals surface area contributed by atoms with Crippen molar-refractivity contribution in [2.24, 2.45) is 0 Å². The predicted molar refractivity (Wildman–Crippen MR) is 77.0 cm³/mol. The first-order chi connectivity index (χ1) is 9.10. The minimum absolute atomic E-state index is 0.596. The molecule has 0 saturated carbocycles. The molecule has 0 spiro atoms. The maximum absolute atomic E-state index is 10.9. The van der Waals surface area contributed by atoms with E-state index in [0.29, 0.717) is 13.2 Å². The van der Waals surface area contributed by atoms with Gasteiger partial charge in [0.05, 0.1) is 29.5 Å². The number of aliphatic hydroxyl groups is 1. The third kappa shape index (κ3) is 3.18. The smallest absolute Gasteiger partial charge is 0.110 e. The van der Waals surface area contributed by atoms with E-state index in [1.807, 2.05) is 4.68 Å². The Bertz CT molecular complexity index is 414. The second-order valence-corrected chi connectivity index (χ2v) is 5.88. The summed E-state index contributed by atoms with van der Waals surface area (Å²) in [5.41, 5.74) is 0.106. The van der Waals surface area contributed by atoms with Gasteiger partial charge in [-0.3, -0.25) is 4.68 Å². The number of halogens is 1. The second kappa shape index (κ2) is 6.35. The van der Waals surface area contributed by atoms with Gasteiger partial charge >= 0.3 is 0 Å². The van der Waals surface area contributed by atoms with Crippen LogP contribution in [0.1, 0.15) is 25.5 Å². The number of hydrogen-bond donors (Lipinski definition) is 1. The Morgan fingerprint density at radius 2 is 2.16 bits per heavy atom. The maximum Gasteiger partial charge on any atom is 0.110 e. The minimum atomic E-state index is -0.783. The van der Waals surface area contributed by atoms with Crippen LogP contribution in [0.2, 0.25) is 0 Å². The van der Waals surface area contributed by atoms with E-state index < -0.39 is 5.60 Å². The molecule has 0 radical (unpaired) electrons. The van der Waals surface area contributed by atoms with Crippen molar-refractivity contribution in [3.8, 4) is 0 Å². The van der Waals surface area contributed by atoms with Gasteiger partial charge in [-0.1, -0.05) is 6.92 Å². The van der Waals surface area contributed by atoms with Gasteiger partial charge < -0.3 is 14.7 Å². The highest BCUT2D eigenvalue weighted by atomic mass is 79.9. The summed E-state index contributed by atoms with van der Waals surface area (Å²) in [6.07, 6.45) is 3.26. The van der Waals surface area contributed by atoms with Crippen molar-refractivity contribution in [1.82, 2.24) is 14.7 Å². The summed E-state index contributed by atoms with van der Waals surface area (Å²) in [4.78, 5) is 2.36. The second-order valence-electron chi connectivity index (χ2n) is 5.02. The van der Waals surface area contributed by atoms with Gasteiger partial charge in [-0.05, 0) is 35.3 Å². The molecule has 1 saturated heterocycles. The van der Waals surface area contributed by atoms with E-state index in [4.69, 9.17) is 4.74 Å². The van der Waals surface area contributed by atoms with Gasteiger partial charge in [0.25, 0.3) is 0 Å². The molecule has 1 aliphatic rings. The van der Waals surface area contributed by atoms with Crippen molar-refractivity contribution in [3.05, 3.63) is 16.4 Å². The Morgan fingerprint density at radius 1 is 1.47 bits per heavy atom. The molecule has 6 heteroatoms. The highest BCUT2D eigenvalue weighted by Crippen LogP contribution is 2.36. The lowest BCUT2D eigenvalue weighted by Gasteiger charge is -2.38. The van der Waals surface area contributed by atoms with Crippen molar-refractivity contribution >= 4 is 15.9 Å². The van der Waals surface area contributed by atoms with E-state index in [1.165, 1.54) is 0 Å². The minimum Gasteiger partial charge on any atom is -0.383 e. The van der Waals surface area contributed by atoms with Crippen LogP contribution >= 0.6 is 15.9 Å². The fourth-order valence-corrected chi connectivity index (χ4v) is 3.31. The van der Waals surface area contributed by atoms with Gasteiger partial charge in [0.15, 0.2) is 0 Å². The highest BCUT2D eigenvalue weighted by Gasteiger charge is 2.38. The fourth-order valence-electron chi connectivity index (χ4n) is 2.65. The molecule has 2 heterocycles. The zero-order valence-electron chi connectivity index (χ0n) is 11.6. The third-order valence-electron chi connectivity index (χ3n) is 3.87. The lowest BCUT2D eigenvalue weighted by molar-refractivity contribution is -0.0327. The lowest BCUT2D eigenvalue weighted by atomic mass is 9.88. The third-order valence-corrected chi connectivity index (χ3v) is 4.45. The first-order valence-electron chi connectivity index (χ1n) is 6.76. The standard InChI is InChI=1S/C13H22BrN3O2/c1-3-16-6-4-13(18,5-7-16)12-11(14)10-15-17(12)8-9-19-2/h10,18H,3-9H2,1-2H3. The van der Waals surface area contributed by atoms with Crippen molar-refractivity contribution in [2.45, 2.75) is 31.9 Å². The summed E-state index contributed by atoms with van der Waals surface area (Å²) < 4.78 is 7.84. The van der Waals surface area contributed by atoms with Crippen LogP contribution in [-0.4, -0.2) is 53.1 Å². The van der Waals surface area contributed by atoms with E-state index in [-0.39, 0.29) is 0 Å². The average molecular weight is 332 g/mol. The summed E-state index contributed by atoms with van der Waals surface area (Å²) in [7, 11) is 1.67. The number of aromatic nitrogens is 2. The monoisotopic (exact) mass is 331 g/mol. The van der Waals surface area contributed by atoms with E-state index in [9.17, 15) is 5.11 Å². The number of hydrogen-bond acceptors (Lipinski definition) is 4. The van der Waals surface area contributed by atoms with Gasteiger partial charge in [-0.15, -0.1) is 0 Å². The van der Waals surface area contributed by atoms with Crippen LogP contribution in [0.4, 0.5) is 0 Å². The van der Waals surface area contributed by atoms with Crippen LogP contribution in [-0.2, 0) is 16.9 Å². The highest BCUT2D eigenvalue weighted by molar-refractivity contribution is 9.10. The van der Waals surface area contributed by atoms with Crippen LogP contribution in [0.25, 0.3) is 0 Å². The van der Waals surface area contributed by atoms with E-state index >= 15 is 0 Å². The molecule has 0 aromatic carbocycles. The molecule has 108 valence electrons. The molecule has 19 heavy (non-hydrogen) atoms. The number of rotatable bonds is 5. The Labute approximate surface area is 122 Å². The molecule has 0 aliphatic carbocycles. The van der Waals surface area contributed by atoms with Crippen molar-refractivity contribution in [1.29, 1.82) is 0 Å². The summed E-state index contributed by atoms with van der Waals surface area (Å²) in [6.45, 7) is 6.31. The Hall–Kier alpha value is -0.430. The Kier molecular flexibility index (Phi) is 5.00. The largest absolute Gasteiger partial charge is 0.383 e. The van der Waals surface area contributed by atoms with Gasteiger partial charge in [-0.25, -0.2) is 0 Å². The predicted octanol–water partition coefficient (Wildman–Crippen LogP) is 1.60. The summed E-state index contributed by atoms with van der Waals surface area (Å²) >= 11 is 3.51. The molecular formula is C13H22BrN3O2. The van der Waals surface area contributed by atoms with Gasteiger partial charge in [0.1, 0.15) is 5.60 Å². The Balaban J connectivity index is 2.18. The summed E-state index contributed by atoms with van der Waals surface area (Å²) in [6, 6.07) is 0. The van der Waals surface area contributed by atoms with Crippen LogP contribution < -0.4 is 0 Å². The molecule has 1 aromatic heterocycles. The summed E-state index contributed by atoms with van der Waals surface area (Å²) in [5.74, 6) is 0. The Morgan fingerprint density at radius 3 is 2.74 bits per heavy atom. The first-order valence-corrected chi connectivity index (χ1v) is 7.55. The SMILES string of the molecule is CCN1CCC(O)(c2c(Br)cnn2CCOC)CC1. The number of methoxy groups -OCH3 is 1. The van der Waals surface area contributed by atoms with Crippen molar-refractivity contribution in [3.63, 3.8) is 0 Å². The van der Waals surface area contributed by atoms with Crippen molar-refractivity contribution < 1.29 is 9.84 Å². The van der Waals surface area contributed by atoms with Gasteiger partial charge in [-0.2, -0.15) is 5.10 Å². The van der Waals surface area contributed by atoms with Crippen LogP contribution in [0.3, 0.4) is 0 Å². The molecule has 1 aromatic rings. The molecule has 1 aliphatic heterocycles. The van der Waals surface area contributed by atoms with E-state index in [0.717, 1.165) is 42.6 Å². The van der Waals surface area contributed by atoms with E-state index in [2.05, 4.69) is 32.9 Å². The molecule has 5 nitrogen and oxygen atoms in total. The quantitative estimate of drug-likeness (QED) is 0.890. The van der Waals surface area contributed by atoms with Crippen LogP contribution in [0.5, 0.6) is 0 Å².